The van der Waals surface area contributed by atoms with Crippen molar-refractivity contribution in [2.45, 2.75) is 32.1 Å². The number of rotatable bonds is 4. The molecule has 0 unspecified atom stereocenters. The Hall–Kier alpha value is -1.68. The summed E-state index contributed by atoms with van der Waals surface area (Å²) in [5.74, 6) is 0.565. The van der Waals surface area contributed by atoms with Gasteiger partial charge in [0.05, 0.1) is 0 Å². The van der Waals surface area contributed by atoms with Crippen molar-refractivity contribution in [3.63, 3.8) is 0 Å². The van der Waals surface area contributed by atoms with E-state index in [4.69, 9.17) is 0 Å². The molecule has 4 heteroatoms. The van der Waals surface area contributed by atoms with Crippen molar-refractivity contribution >= 4 is 11.6 Å². The number of benzene rings is 1. The SMILES string of the molecule is CCN1CCC(=NNC(=O)[C@H]2C[C@@H]2c2ccccc2)CC1. The second kappa shape index (κ2) is 6.39. The Morgan fingerprint density at radius 1 is 1.29 bits per heavy atom. The van der Waals surface area contributed by atoms with Gasteiger partial charge in [0.1, 0.15) is 0 Å². The van der Waals surface area contributed by atoms with Gasteiger partial charge in [0.25, 0.3) is 0 Å². The van der Waals surface area contributed by atoms with Crippen LogP contribution in [0.25, 0.3) is 0 Å². The molecule has 1 N–H and O–H groups in total. The van der Waals surface area contributed by atoms with Crippen LogP contribution in [-0.4, -0.2) is 36.2 Å². The van der Waals surface area contributed by atoms with Crippen molar-refractivity contribution in [3.8, 4) is 0 Å². The van der Waals surface area contributed by atoms with E-state index in [2.05, 4.69) is 34.5 Å². The van der Waals surface area contributed by atoms with E-state index in [0.717, 1.165) is 44.6 Å². The van der Waals surface area contributed by atoms with Gasteiger partial charge < -0.3 is 4.90 Å². The third-order valence-corrected chi connectivity index (χ3v) is 4.56. The van der Waals surface area contributed by atoms with E-state index < -0.39 is 0 Å². The molecule has 1 amide bonds. The highest BCUT2D eigenvalue weighted by Gasteiger charge is 2.43. The molecule has 4 nitrogen and oxygen atoms in total. The molecule has 2 atom stereocenters. The number of hydrogen-bond donors (Lipinski definition) is 1. The second-order valence-corrected chi connectivity index (χ2v) is 5.95. The molecular formula is C17H23N3O. The molecule has 0 radical (unpaired) electrons. The molecule has 112 valence electrons. The van der Waals surface area contributed by atoms with Gasteiger partial charge in [-0.15, -0.1) is 0 Å². The predicted octanol–water partition coefficient (Wildman–Crippen LogP) is 2.38. The van der Waals surface area contributed by atoms with Gasteiger partial charge in [0.15, 0.2) is 0 Å². The zero-order chi connectivity index (χ0) is 14.7. The third kappa shape index (κ3) is 3.50. The Bertz CT molecular complexity index is 516. The first-order valence-electron chi connectivity index (χ1n) is 7.90. The standard InChI is InChI=1S/C17H23N3O/c1-2-20-10-8-14(9-11-20)18-19-17(21)16-12-15(16)13-6-4-3-5-7-13/h3-7,15-16H,2,8-12H2,1H3,(H,19,21)/t15-,16+/m1/s1. The highest BCUT2D eigenvalue weighted by molar-refractivity contribution is 5.88. The quantitative estimate of drug-likeness (QED) is 0.863. The monoisotopic (exact) mass is 285 g/mol. The maximum Gasteiger partial charge on any atom is 0.243 e. The van der Waals surface area contributed by atoms with Crippen molar-refractivity contribution in [2.24, 2.45) is 11.0 Å². The number of likely N-dealkylation sites (tertiary alicyclic amines) is 1. The van der Waals surface area contributed by atoms with Gasteiger partial charge in [0, 0.05) is 37.6 Å². The van der Waals surface area contributed by atoms with Crippen LogP contribution in [0.5, 0.6) is 0 Å². The summed E-state index contributed by atoms with van der Waals surface area (Å²) in [5.41, 5.74) is 5.17. The lowest BCUT2D eigenvalue weighted by Crippen LogP contribution is -2.34. The molecule has 1 saturated heterocycles. The lowest BCUT2D eigenvalue weighted by atomic mass is 10.1. The van der Waals surface area contributed by atoms with Crippen LogP contribution in [0.2, 0.25) is 0 Å². The Morgan fingerprint density at radius 3 is 2.67 bits per heavy atom. The van der Waals surface area contributed by atoms with Gasteiger partial charge in [-0.1, -0.05) is 37.3 Å². The molecule has 1 heterocycles. The van der Waals surface area contributed by atoms with Crippen molar-refractivity contribution < 1.29 is 4.79 Å². The van der Waals surface area contributed by atoms with Crippen LogP contribution >= 0.6 is 0 Å². The molecule has 1 saturated carbocycles. The molecule has 1 aromatic rings. The van der Waals surface area contributed by atoms with Gasteiger partial charge in [-0.2, -0.15) is 5.10 Å². The minimum Gasteiger partial charge on any atom is -0.303 e. The van der Waals surface area contributed by atoms with E-state index in [9.17, 15) is 4.79 Å². The maximum atomic E-state index is 12.1. The Morgan fingerprint density at radius 2 is 2.00 bits per heavy atom. The Kier molecular flexibility index (Phi) is 4.34. The van der Waals surface area contributed by atoms with Crippen molar-refractivity contribution in [2.75, 3.05) is 19.6 Å². The molecule has 0 bridgehead atoms. The number of carbonyl (C=O) groups excluding carboxylic acids is 1. The molecule has 0 aromatic heterocycles. The van der Waals surface area contributed by atoms with Gasteiger partial charge >= 0.3 is 0 Å². The zero-order valence-corrected chi connectivity index (χ0v) is 12.6. The lowest BCUT2D eigenvalue weighted by Gasteiger charge is -2.25. The maximum absolute atomic E-state index is 12.1. The van der Waals surface area contributed by atoms with Gasteiger partial charge in [-0.05, 0) is 24.4 Å². The fourth-order valence-corrected chi connectivity index (χ4v) is 3.01. The van der Waals surface area contributed by atoms with Crippen LogP contribution < -0.4 is 5.43 Å². The lowest BCUT2D eigenvalue weighted by molar-refractivity contribution is -0.122. The van der Waals surface area contributed by atoms with Crippen LogP contribution in [0.15, 0.2) is 35.4 Å². The van der Waals surface area contributed by atoms with Crippen LogP contribution in [0, 0.1) is 5.92 Å². The highest BCUT2D eigenvalue weighted by atomic mass is 16.2. The smallest absolute Gasteiger partial charge is 0.243 e. The molecule has 3 rings (SSSR count). The molecule has 2 aliphatic rings. The second-order valence-electron chi connectivity index (χ2n) is 5.95. The summed E-state index contributed by atoms with van der Waals surface area (Å²) in [5, 5.41) is 4.33. The van der Waals surface area contributed by atoms with Gasteiger partial charge in [-0.3, -0.25) is 4.79 Å². The van der Waals surface area contributed by atoms with E-state index in [1.165, 1.54) is 5.56 Å². The molecule has 2 fully saturated rings. The molecule has 21 heavy (non-hydrogen) atoms. The van der Waals surface area contributed by atoms with E-state index in [-0.39, 0.29) is 11.8 Å². The number of amides is 1. The van der Waals surface area contributed by atoms with Gasteiger partial charge in [0.2, 0.25) is 5.91 Å². The fraction of sp³-hybridized carbons (Fsp3) is 0.529. The molecule has 1 aromatic carbocycles. The van der Waals surface area contributed by atoms with E-state index in [0.29, 0.717) is 5.92 Å². The summed E-state index contributed by atoms with van der Waals surface area (Å²) in [7, 11) is 0. The number of nitrogens with one attached hydrogen (secondary N) is 1. The number of hydrazone groups is 1. The summed E-state index contributed by atoms with van der Waals surface area (Å²) in [6.45, 7) is 5.39. The average molecular weight is 285 g/mol. The van der Waals surface area contributed by atoms with Crippen molar-refractivity contribution in [1.29, 1.82) is 0 Å². The van der Waals surface area contributed by atoms with Crippen LogP contribution in [0.1, 0.15) is 37.7 Å². The Labute approximate surface area is 126 Å². The first kappa shape index (κ1) is 14.3. The topological polar surface area (TPSA) is 44.7 Å². The van der Waals surface area contributed by atoms with Crippen molar-refractivity contribution in [1.82, 2.24) is 10.3 Å². The number of nitrogens with zero attached hydrogens (tertiary/aromatic N) is 2. The molecule has 1 aliphatic carbocycles. The van der Waals surface area contributed by atoms with Crippen LogP contribution in [0.4, 0.5) is 0 Å². The number of piperidine rings is 1. The first-order valence-corrected chi connectivity index (χ1v) is 7.90. The summed E-state index contributed by atoms with van der Waals surface area (Å²) < 4.78 is 0. The summed E-state index contributed by atoms with van der Waals surface area (Å²) in [4.78, 5) is 14.5. The third-order valence-electron chi connectivity index (χ3n) is 4.56. The molecule has 0 spiro atoms. The van der Waals surface area contributed by atoms with Crippen molar-refractivity contribution in [3.05, 3.63) is 35.9 Å². The van der Waals surface area contributed by atoms with Gasteiger partial charge in [-0.25, -0.2) is 5.43 Å². The highest BCUT2D eigenvalue weighted by Crippen LogP contribution is 2.47. The number of carbonyl (C=O) groups is 1. The van der Waals surface area contributed by atoms with Crippen LogP contribution in [0.3, 0.4) is 0 Å². The summed E-state index contributed by atoms with van der Waals surface area (Å²) >= 11 is 0. The summed E-state index contributed by atoms with van der Waals surface area (Å²) in [6.07, 6.45) is 2.89. The summed E-state index contributed by atoms with van der Waals surface area (Å²) in [6, 6.07) is 10.3. The zero-order valence-electron chi connectivity index (χ0n) is 12.6. The minimum atomic E-state index is 0.0780. The van der Waals surface area contributed by atoms with E-state index >= 15 is 0 Å². The fourth-order valence-electron chi connectivity index (χ4n) is 3.01. The average Bonchev–Trinajstić information content (AvgIpc) is 3.35. The Balaban J connectivity index is 1.48. The number of hydrogen-bond acceptors (Lipinski definition) is 3. The first-order chi connectivity index (χ1) is 10.3. The minimum absolute atomic E-state index is 0.0780. The van der Waals surface area contributed by atoms with Crippen LogP contribution in [-0.2, 0) is 4.79 Å². The van der Waals surface area contributed by atoms with E-state index in [1.807, 2.05) is 18.2 Å². The predicted molar refractivity (Wildman–Crippen MR) is 84.2 cm³/mol. The molecular weight excluding hydrogens is 262 g/mol. The molecule has 1 aliphatic heterocycles. The normalized spacial score (nSPS) is 25.5. The van der Waals surface area contributed by atoms with E-state index in [1.54, 1.807) is 0 Å². The largest absolute Gasteiger partial charge is 0.303 e.